The molecule has 0 bridgehead atoms. The van der Waals surface area contributed by atoms with E-state index >= 15 is 0 Å². The number of benzene rings is 1. The third-order valence-electron chi connectivity index (χ3n) is 2.34. The van der Waals surface area contributed by atoms with Gasteiger partial charge in [0.2, 0.25) is 5.91 Å². The molecule has 0 spiro atoms. The van der Waals surface area contributed by atoms with Gasteiger partial charge in [0.25, 0.3) is 0 Å². The van der Waals surface area contributed by atoms with Gasteiger partial charge in [-0.3, -0.25) is 9.63 Å². The molecule has 4 nitrogen and oxygen atoms in total. The first-order valence-corrected chi connectivity index (χ1v) is 6.01. The van der Waals surface area contributed by atoms with Crippen LogP contribution in [0.1, 0.15) is 5.56 Å². The smallest absolute Gasteiger partial charge is 0.245 e. The third-order valence-corrected chi connectivity index (χ3v) is 3.66. The normalized spacial score (nSPS) is 18.4. The Morgan fingerprint density at radius 3 is 3.12 bits per heavy atom. The second-order valence-electron chi connectivity index (χ2n) is 3.66. The van der Waals surface area contributed by atoms with Gasteiger partial charge in [0.05, 0.1) is 0 Å². The van der Waals surface area contributed by atoms with E-state index in [2.05, 4.69) is 23.7 Å². The fraction of sp³-hybridized carbons (Fsp3) is 0.364. The maximum Gasteiger partial charge on any atom is 0.245 e. The SMILES string of the molecule is NC(=O)CONCC1Cc2ccccc2S1. The predicted octanol–water partition coefficient (Wildman–Crippen LogP) is 0.710. The minimum atomic E-state index is -0.463. The molecule has 1 aliphatic rings. The van der Waals surface area contributed by atoms with E-state index in [1.54, 1.807) is 0 Å². The Balaban J connectivity index is 1.73. The standard InChI is InChI=1S/C11H14N2O2S/c12-11(14)7-15-13-6-9-5-8-3-1-2-4-10(8)16-9/h1-4,9,13H,5-7H2,(H2,12,14). The van der Waals surface area contributed by atoms with E-state index in [9.17, 15) is 4.79 Å². The number of nitrogens with two attached hydrogens (primary N) is 1. The average molecular weight is 238 g/mol. The molecule has 0 fully saturated rings. The van der Waals surface area contributed by atoms with Crippen molar-refractivity contribution in [3.05, 3.63) is 29.8 Å². The molecule has 86 valence electrons. The van der Waals surface area contributed by atoms with Crippen LogP contribution in [0.4, 0.5) is 0 Å². The monoisotopic (exact) mass is 238 g/mol. The second kappa shape index (κ2) is 5.34. The molecular weight excluding hydrogens is 224 g/mol. The van der Waals surface area contributed by atoms with E-state index in [1.807, 2.05) is 17.8 Å². The number of hydroxylamine groups is 1. The van der Waals surface area contributed by atoms with Gasteiger partial charge in [-0.2, -0.15) is 0 Å². The van der Waals surface area contributed by atoms with Gasteiger partial charge in [0, 0.05) is 16.7 Å². The lowest BCUT2D eigenvalue weighted by atomic mass is 10.1. The summed E-state index contributed by atoms with van der Waals surface area (Å²) >= 11 is 1.84. The van der Waals surface area contributed by atoms with Crippen LogP contribution in [0.2, 0.25) is 0 Å². The molecule has 0 aromatic heterocycles. The first-order valence-electron chi connectivity index (χ1n) is 5.13. The first kappa shape index (κ1) is 11.4. The number of hydrogen-bond acceptors (Lipinski definition) is 4. The summed E-state index contributed by atoms with van der Waals surface area (Å²) in [5, 5.41) is 0.463. The average Bonchev–Trinajstić information content (AvgIpc) is 2.66. The van der Waals surface area contributed by atoms with Gasteiger partial charge < -0.3 is 5.73 Å². The third kappa shape index (κ3) is 2.98. The maximum absolute atomic E-state index is 10.4. The molecule has 1 aromatic rings. The number of thioether (sulfide) groups is 1. The van der Waals surface area contributed by atoms with Gasteiger partial charge in [-0.15, -0.1) is 11.8 Å². The van der Waals surface area contributed by atoms with E-state index < -0.39 is 5.91 Å². The van der Waals surface area contributed by atoms with Crippen molar-refractivity contribution < 1.29 is 9.63 Å². The molecule has 0 saturated heterocycles. The summed E-state index contributed by atoms with van der Waals surface area (Å²) in [6.45, 7) is 0.636. The van der Waals surface area contributed by atoms with Crippen molar-refractivity contribution in [3.63, 3.8) is 0 Å². The molecule has 0 saturated carbocycles. The highest BCUT2D eigenvalue weighted by atomic mass is 32.2. The lowest BCUT2D eigenvalue weighted by Crippen LogP contribution is -2.29. The summed E-state index contributed by atoms with van der Waals surface area (Å²) in [7, 11) is 0. The summed E-state index contributed by atoms with van der Waals surface area (Å²) < 4.78 is 0. The van der Waals surface area contributed by atoms with E-state index in [1.165, 1.54) is 10.5 Å². The topological polar surface area (TPSA) is 64.4 Å². The van der Waals surface area contributed by atoms with Crippen molar-refractivity contribution in [1.82, 2.24) is 5.48 Å². The second-order valence-corrected chi connectivity index (χ2v) is 5.00. The number of carbonyl (C=O) groups excluding carboxylic acids is 1. The van der Waals surface area contributed by atoms with Crippen LogP contribution in [-0.2, 0) is 16.1 Å². The van der Waals surface area contributed by atoms with E-state index in [4.69, 9.17) is 10.6 Å². The quantitative estimate of drug-likeness (QED) is 0.586. The molecule has 1 heterocycles. The molecule has 1 atom stereocenters. The van der Waals surface area contributed by atoms with Crippen molar-refractivity contribution in [1.29, 1.82) is 0 Å². The molecule has 2 rings (SSSR count). The van der Waals surface area contributed by atoms with Gasteiger partial charge in [0.1, 0.15) is 6.61 Å². The van der Waals surface area contributed by atoms with Crippen LogP contribution in [0, 0.1) is 0 Å². The molecule has 5 heteroatoms. The van der Waals surface area contributed by atoms with Crippen molar-refractivity contribution in [3.8, 4) is 0 Å². The molecule has 1 unspecified atom stereocenters. The molecule has 0 radical (unpaired) electrons. The van der Waals surface area contributed by atoms with Crippen molar-refractivity contribution in [2.75, 3.05) is 13.2 Å². The van der Waals surface area contributed by atoms with E-state index in [-0.39, 0.29) is 6.61 Å². The molecule has 16 heavy (non-hydrogen) atoms. The number of rotatable bonds is 5. The van der Waals surface area contributed by atoms with Crippen LogP contribution in [0.3, 0.4) is 0 Å². The number of fused-ring (bicyclic) bond motifs is 1. The predicted molar refractivity (Wildman–Crippen MR) is 62.9 cm³/mol. The molecular formula is C11H14N2O2S. The van der Waals surface area contributed by atoms with Crippen LogP contribution in [-0.4, -0.2) is 24.3 Å². The highest BCUT2D eigenvalue weighted by Crippen LogP contribution is 2.36. The van der Waals surface area contributed by atoms with Crippen molar-refractivity contribution >= 4 is 17.7 Å². The van der Waals surface area contributed by atoms with Gasteiger partial charge in [-0.1, -0.05) is 18.2 Å². The summed E-state index contributed by atoms with van der Waals surface area (Å²) in [5.41, 5.74) is 9.10. The minimum absolute atomic E-state index is 0.0790. The van der Waals surface area contributed by atoms with Crippen LogP contribution in [0.15, 0.2) is 29.2 Å². The van der Waals surface area contributed by atoms with Crippen LogP contribution in [0.5, 0.6) is 0 Å². The van der Waals surface area contributed by atoms with E-state index in [0.29, 0.717) is 11.8 Å². The Morgan fingerprint density at radius 1 is 1.56 bits per heavy atom. The Bertz CT molecular complexity index is 359. The maximum atomic E-state index is 10.4. The Kier molecular flexibility index (Phi) is 3.82. The minimum Gasteiger partial charge on any atom is -0.368 e. The van der Waals surface area contributed by atoms with Crippen molar-refractivity contribution in [2.45, 2.75) is 16.6 Å². The van der Waals surface area contributed by atoms with Gasteiger partial charge >= 0.3 is 0 Å². The van der Waals surface area contributed by atoms with Crippen LogP contribution >= 0.6 is 11.8 Å². The molecule has 0 aliphatic carbocycles. The molecule has 1 aromatic carbocycles. The zero-order valence-electron chi connectivity index (χ0n) is 8.81. The molecule has 3 N–H and O–H groups in total. The summed E-state index contributed by atoms with van der Waals surface area (Å²) in [6.07, 6.45) is 1.04. The summed E-state index contributed by atoms with van der Waals surface area (Å²) in [5.74, 6) is -0.463. The number of nitrogens with one attached hydrogen (secondary N) is 1. The fourth-order valence-corrected chi connectivity index (χ4v) is 2.88. The highest BCUT2D eigenvalue weighted by molar-refractivity contribution is 8.00. The van der Waals surface area contributed by atoms with Crippen molar-refractivity contribution in [2.24, 2.45) is 5.73 Å². The Morgan fingerprint density at radius 2 is 2.38 bits per heavy atom. The first-order chi connectivity index (χ1) is 7.75. The Labute approximate surface area is 98.5 Å². The Hall–Kier alpha value is -1.04. The van der Waals surface area contributed by atoms with Crippen LogP contribution in [0.25, 0.3) is 0 Å². The highest BCUT2D eigenvalue weighted by Gasteiger charge is 2.21. The van der Waals surface area contributed by atoms with Gasteiger partial charge in [-0.25, -0.2) is 5.48 Å². The molecule has 1 amide bonds. The van der Waals surface area contributed by atoms with Gasteiger partial charge in [-0.05, 0) is 18.1 Å². The largest absolute Gasteiger partial charge is 0.368 e. The summed E-state index contributed by atoms with van der Waals surface area (Å²) in [4.78, 5) is 16.7. The number of primary amides is 1. The van der Waals surface area contributed by atoms with Gasteiger partial charge in [0.15, 0.2) is 0 Å². The zero-order valence-corrected chi connectivity index (χ0v) is 9.63. The number of amides is 1. The summed E-state index contributed by atoms with van der Waals surface area (Å²) in [6, 6.07) is 8.38. The lowest BCUT2D eigenvalue weighted by Gasteiger charge is -2.09. The number of carbonyl (C=O) groups is 1. The fourth-order valence-electron chi connectivity index (χ4n) is 1.64. The van der Waals surface area contributed by atoms with Crippen LogP contribution < -0.4 is 11.2 Å². The lowest BCUT2D eigenvalue weighted by molar-refractivity contribution is -0.125. The zero-order chi connectivity index (χ0) is 11.4. The number of hydrogen-bond donors (Lipinski definition) is 2. The van der Waals surface area contributed by atoms with E-state index in [0.717, 1.165) is 6.42 Å². The molecule has 1 aliphatic heterocycles.